The van der Waals surface area contributed by atoms with E-state index in [1.165, 1.54) is 0 Å². The molecular weight excluding hydrogens is 262 g/mol. The van der Waals surface area contributed by atoms with Gasteiger partial charge in [-0.05, 0) is 30.0 Å². The van der Waals surface area contributed by atoms with Crippen LogP contribution in [0.1, 0.15) is 45.7 Å². The fraction of sp³-hybridized carbons (Fsp3) is 0.222. The number of hydrogen-bond acceptors (Lipinski definition) is 2. The maximum atomic E-state index is 12.4. The van der Waals surface area contributed by atoms with Crippen LogP contribution in [-0.2, 0) is 6.42 Å². The normalized spacial score (nSPS) is 10.6. The Hall–Kier alpha value is -2.42. The summed E-state index contributed by atoms with van der Waals surface area (Å²) in [7, 11) is 0. The standard InChI is InChI=1S/C18H19NO2/c1-12(2)10-15-11-14(8-9-16(15)18(19)21)17(20)13-6-4-3-5-7-13/h3-9,11-12H,10H2,1-2H3,(H2,19,21). The van der Waals surface area contributed by atoms with Crippen LogP contribution in [0.3, 0.4) is 0 Å². The molecule has 0 unspecified atom stereocenters. The number of nitrogens with two attached hydrogens (primary N) is 1. The highest BCUT2D eigenvalue weighted by Crippen LogP contribution is 2.18. The quantitative estimate of drug-likeness (QED) is 0.855. The summed E-state index contributed by atoms with van der Waals surface area (Å²) in [4.78, 5) is 23.9. The van der Waals surface area contributed by atoms with Gasteiger partial charge >= 0.3 is 0 Å². The Morgan fingerprint density at radius 2 is 1.67 bits per heavy atom. The average molecular weight is 281 g/mol. The molecule has 0 fully saturated rings. The first-order valence-corrected chi connectivity index (χ1v) is 7.01. The van der Waals surface area contributed by atoms with Crippen LogP contribution in [0.4, 0.5) is 0 Å². The summed E-state index contributed by atoms with van der Waals surface area (Å²) >= 11 is 0. The van der Waals surface area contributed by atoms with E-state index in [1.54, 1.807) is 30.3 Å². The van der Waals surface area contributed by atoms with Gasteiger partial charge in [0.1, 0.15) is 0 Å². The van der Waals surface area contributed by atoms with Crippen LogP contribution >= 0.6 is 0 Å². The van der Waals surface area contributed by atoms with Gasteiger partial charge in [0.25, 0.3) is 0 Å². The molecule has 0 atom stereocenters. The first-order valence-electron chi connectivity index (χ1n) is 7.01. The molecule has 3 heteroatoms. The second-order valence-corrected chi connectivity index (χ2v) is 5.53. The van der Waals surface area contributed by atoms with Gasteiger partial charge in [0, 0.05) is 16.7 Å². The highest BCUT2D eigenvalue weighted by Gasteiger charge is 2.14. The third-order valence-corrected chi connectivity index (χ3v) is 3.30. The molecule has 0 spiro atoms. The van der Waals surface area contributed by atoms with Gasteiger partial charge in [0.05, 0.1) is 0 Å². The predicted molar refractivity (Wildman–Crippen MR) is 83.4 cm³/mol. The van der Waals surface area contributed by atoms with Crippen molar-refractivity contribution in [2.75, 3.05) is 0 Å². The summed E-state index contributed by atoms with van der Waals surface area (Å²) < 4.78 is 0. The lowest BCUT2D eigenvalue weighted by Gasteiger charge is -2.11. The molecule has 0 aliphatic carbocycles. The maximum absolute atomic E-state index is 12.4. The zero-order valence-corrected chi connectivity index (χ0v) is 12.3. The maximum Gasteiger partial charge on any atom is 0.248 e. The Bertz CT molecular complexity index is 660. The summed E-state index contributed by atoms with van der Waals surface area (Å²) in [6.45, 7) is 4.13. The number of hydrogen-bond donors (Lipinski definition) is 1. The summed E-state index contributed by atoms with van der Waals surface area (Å²) in [6.07, 6.45) is 0.716. The van der Waals surface area contributed by atoms with Crippen molar-refractivity contribution in [2.24, 2.45) is 11.7 Å². The number of primary amides is 1. The van der Waals surface area contributed by atoms with Gasteiger partial charge in [-0.3, -0.25) is 9.59 Å². The molecule has 3 nitrogen and oxygen atoms in total. The molecule has 0 radical (unpaired) electrons. The lowest BCUT2D eigenvalue weighted by Crippen LogP contribution is -2.15. The molecule has 0 aliphatic rings. The summed E-state index contributed by atoms with van der Waals surface area (Å²) in [5.41, 5.74) is 7.95. The zero-order valence-electron chi connectivity index (χ0n) is 12.3. The monoisotopic (exact) mass is 281 g/mol. The van der Waals surface area contributed by atoms with E-state index < -0.39 is 5.91 Å². The summed E-state index contributed by atoms with van der Waals surface area (Å²) in [5.74, 6) is -0.119. The van der Waals surface area contributed by atoms with E-state index in [1.807, 2.05) is 18.2 Å². The second kappa shape index (κ2) is 6.35. The molecule has 108 valence electrons. The molecule has 2 rings (SSSR count). The Morgan fingerprint density at radius 3 is 2.24 bits per heavy atom. The van der Waals surface area contributed by atoms with Gasteiger partial charge in [-0.25, -0.2) is 0 Å². The zero-order chi connectivity index (χ0) is 15.4. The molecule has 2 aromatic carbocycles. The second-order valence-electron chi connectivity index (χ2n) is 5.53. The van der Waals surface area contributed by atoms with E-state index in [4.69, 9.17) is 5.73 Å². The van der Waals surface area contributed by atoms with Gasteiger partial charge in [0.15, 0.2) is 5.78 Å². The van der Waals surface area contributed by atoms with Crippen molar-refractivity contribution in [1.29, 1.82) is 0 Å². The van der Waals surface area contributed by atoms with Gasteiger partial charge in [-0.1, -0.05) is 50.2 Å². The molecule has 21 heavy (non-hydrogen) atoms. The minimum absolute atomic E-state index is 0.0448. The van der Waals surface area contributed by atoms with E-state index in [0.29, 0.717) is 29.0 Å². The minimum Gasteiger partial charge on any atom is -0.366 e. The van der Waals surface area contributed by atoms with E-state index in [-0.39, 0.29) is 5.78 Å². The SMILES string of the molecule is CC(C)Cc1cc(C(=O)c2ccccc2)ccc1C(N)=O. The van der Waals surface area contributed by atoms with Crippen LogP contribution in [0.25, 0.3) is 0 Å². The number of ketones is 1. The van der Waals surface area contributed by atoms with E-state index in [0.717, 1.165) is 5.56 Å². The van der Waals surface area contributed by atoms with Crippen LogP contribution < -0.4 is 5.73 Å². The summed E-state index contributed by atoms with van der Waals surface area (Å²) in [6, 6.07) is 14.2. The lowest BCUT2D eigenvalue weighted by molar-refractivity contribution is 0.0995. The number of rotatable bonds is 5. The highest BCUT2D eigenvalue weighted by molar-refractivity contribution is 6.09. The largest absolute Gasteiger partial charge is 0.366 e. The Morgan fingerprint density at radius 1 is 1.00 bits per heavy atom. The molecule has 0 heterocycles. The molecular formula is C18H19NO2. The lowest BCUT2D eigenvalue weighted by atomic mass is 9.93. The third-order valence-electron chi connectivity index (χ3n) is 3.30. The number of amides is 1. The van der Waals surface area contributed by atoms with Gasteiger partial charge in [-0.2, -0.15) is 0 Å². The molecule has 0 aromatic heterocycles. The van der Waals surface area contributed by atoms with Gasteiger partial charge in [-0.15, -0.1) is 0 Å². The Balaban J connectivity index is 2.42. The Kier molecular flexibility index (Phi) is 4.53. The van der Waals surface area contributed by atoms with Crippen LogP contribution in [0.2, 0.25) is 0 Å². The average Bonchev–Trinajstić information content (AvgIpc) is 2.46. The molecule has 0 aliphatic heterocycles. The van der Waals surface area contributed by atoms with Crippen LogP contribution in [-0.4, -0.2) is 11.7 Å². The summed E-state index contributed by atoms with van der Waals surface area (Å²) in [5, 5.41) is 0. The van der Waals surface area contributed by atoms with Crippen molar-refractivity contribution < 1.29 is 9.59 Å². The van der Waals surface area contributed by atoms with E-state index in [2.05, 4.69) is 13.8 Å². The topological polar surface area (TPSA) is 60.2 Å². The van der Waals surface area contributed by atoms with E-state index >= 15 is 0 Å². The molecule has 0 bridgehead atoms. The van der Waals surface area contributed by atoms with Crippen molar-refractivity contribution in [3.63, 3.8) is 0 Å². The molecule has 2 aromatic rings. The van der Waals surface area contributed by atoms with Crippen molar-refractivity contribution in [2.45, 2.75) is 20.3 Å². The van der Waals surface area contributed by atoms with Gasteiger partial charge < -0.3 is 5.73 Å². The number of carbonyl (C=O) groups is 2. The number of carbonyl (C=O) groups excluding carboxylic acids is 2. The van der Waals surface area contributed by atoms with Crippen LogP contribution in [0.5, 0.6) is 0 Å². The molecule has 0 saturated heterocycles. The van der Waals surface area contributed by atoms with Crippen LogP contribution in [0, 0.1) is 5.92 Å². The van der Waals surface area contributed by atoms with Crippen molar-refractivity contribution in [1.82, 2.24) is 0 Å². The first-order chi connectivity index (χ1) is 9.99. The third kappa shape index (κ3) is 3.57. The molecule has 0 saturated carbocycles. The highest BCUT2D eigenvalue weighted by atomic mass is 16.1. The van der Waals surface area contributed by atoms with Crippen molar-refractivity contribution in [3.8, 4) is 0 Å². The molecule has 2 N–H and O–H groups in total. The van der Waals surface area contributed by atoms with Crippen LogP contribution in [0.15, 0.2) is 48.5 Å². The number of benzene rings is 2. The minimum atomic E-state index is -0.454. The fourth-order valence-electron chi connectivity index (χ4n) is 2.34. The smallest absolute Gasteiger partial charge is 0.248 e. The first kappa shape index (κ1) is 15.0. The fourth-order valence-corrected chi connectivity index (χ4v) is 2.34. The van der Waals surface area contributed by atoms with Crippen molar-refractivity contribution in [3.05, 3.63) is 70.8 Å². The van der Waals surface area contributed by atoms with E-state index in [9.17, 15) is 9.59 Å². The predicted octanol–water partition coefficient (Wildman–Crippen LogP) is 3.22. The van der Waals surface area contributed by atoms with Crippen molar-refractivity contribution >= 4 is 11.7 Å². The Labute approximate surface area is 124 Å². The van der Waals surface area contributed by atoms with Gasteiger partial charge in [0.2, 0.25) is 5.91 Å². The molecule has 1 amide bonds.